The quantitative estimate of drug-likeness (QED) is 0.915. The van der Waals surface area contributed by atoms with Crippen LogP contribution in [0, 0.1) is 5.92 Å². The Morgan fingerprint density at radius 2 is 2.15 bits per heavy atom. The van der Waals surface area contributed by atoms with E-state index in [4.69, 9.17) is 9.47 Å². The van der Waals surface area contributed by atoms with E-state index in [0.717, 1.165) is 45.5 Å². The Morgan fingerprint density at radius 3 is 2.85 bits per heavy atom. The van der Waals surface area contributed by atoms with Gasteiger partial charge < -0.3 is 14.8 Å². The van der Waals surface area contributed by atoms with Gasteiger partial charge >= 0.3 is 0 Å². The van der Waals surface area contributed by atoms with Crippen LogP contribution < -0.4 is 5.32 Å². The average molecular weight is 275 g/mol. The Kier molecular flexibility index (Phi) is 4.39. The normalized spacial score (nSPS) is 31.6. The van der Waals surface area contributed by atoms with Crippen molar-refractivity contribution in [2.45, 2.75) is 37.3 Å². The van der Waals surface area contributed by atoms with Crippen molar-refractivity contribution >= 4 is 0 Å². The summed E-state index contributed by atoms with van der Waals surface area (Å²) in [7, 11) is 2.08. The second-order valence-corrected chi connectivity index (χ2v) is 6.17. The van der Waals surface area contributed by atoms with Gasteiger partial charge in [0.15, 0.2) is 0 Å². The van der Waals surface area contributed by atoms with Gasteiger partial charge in [0.25, 0.3) is 0 Å². The van der Waals surface area contributed by atoms with E-state index < -0.39 is 0 Å². The van der Waals surface area contributed by atoms with Crippen LogP contribution >= 0.6 is 0 Å². The first-order valence-corrected chi connectivity index (χ1v) is 7.74. The lowest BCUT2D eigenvalue weighted by atomic mass is 9.79. The van der Waals surface area contributed by atoms with Crippen LogP contribution in [-0.2, 0) is 15.9 Å². The van der Waals surface area contributed by atoms with Crippen molar-refractivity contribution in [3.8, 4) is 0 Å². The molecule has 0 aliphatic carbocycles. The van der Waals surface area contributed by atoms with Crippen LogP contribution in [0.4, 0.5) is 0 Å². The zero-order valence-electron chi connectivity index (χ0n) is 12.3. The van der Waals surface area contributed by atoms with Crippen LogP contribution in [0.1, 0.15) is 24.8 Å². The van der Waals surface area contributed by atoms with Gasteiger partial charge in [-0.05, 0) is 37.8 Å². The van der Waals surface area contributed by atoms with E-state index in [-0.39, 0.29) is 5.60 Å². The molecular formula is C17H25NO2. The Morgan fingerprint density at radius 1 is 1.30 bits per heavy atom. The lowest BCUT2D eigenvalue weighted by Crippen LogP contribution is -2.47. The van der Waals surface area contributed by atoms with Gasteiger partial charge in [-0.15, -0.1) is 0 Å². The molecule has 20 heavy (non-hydrogen) atoms. The van der Waals surface area contributed by atoms with Gasteiger partial charge in [0.05, 0.1) is 12.2 Å². The predicted octanol–water partition coefficient (Wildman–Crippen LogP) is 2.40. The standard InChI is InChI=1S/C17H25NO2/c1-18-16(11-14-5-3-2-4-6-14)15-7-9-20-17(12-15)8-10-19-13-17/h2-6,15-16,18H,7-13H2,1H3. The smallest absolute Gasteiger partial charge is 0.0939 e. The first kappa shape index (κ1) is 14.1. The molecule has 1 N–H and O–H groups in total. The molecule has 3 rings (SSSR count). The molecular weight excluding hydrogens is 250 g/mol. The van der Waals surface area contributed by atoms with Crippen molar-refractivity contribution in [1.29, 1.82) is 0 Å². The Bertz CT molecular complexity index is 414. The molecule has 3 nitrogen and oxygen atoms in total. The van der Waals surface area contributed by atoms with Gasteiger partial charge in [-0.2, -0.15) is 0 Å². The number of nitrogens with one attached hydrogen (secondary N) is 1. The third-order valence-electron chi connectivity index (χ3n) is 4.84. The van der Waals surface area contributed by atoms with E-state index in [2.05, 4.69) is 42.7 Å². The molecule has 110 valence electrons. The van der Waals surface area contributed by atoms with E-state index in [0.29, 0.717) is 12.0 Å². The van der Waals surface area contributed by atoms with Crippen LogP contribution in [0.15, 0.2) is 30.3 Å². The Hall–Kier alpha value is -0.900. The second-order valence-electron chi connectivity index (χ2n) is 6.17. The molecule has 2 fully saturated rings. The number of ether oxygens (including phenoxy) is 2. The molecule has 3 unspecified atom stereocenters. The number of likely N-dealkylation sites (N-methyl/N-ethyl adjacent to an activating group) is 1. The summed E-state index contributed by atoms with van der Waals surface area (Å²) >= 11 is 0. The van der Waals surface area contributed by atoms with Crippen LogP contribution in [-0.4, -0.2) is 38.5 Å². The summed E-state index contributed by atoms with van der Waals surface area (Å²) < 4.78 is 11.6. The lowest BCUT2D eigenvalue weighted by Gasteiger charge is -2.40. The molecule has 0 amide bonds. The molecule has 3 heteroatoms. The molecule has 0 radical (unpaired) electrons. The summed E-state index contributed by atoms with van der Waals surface area (Å²) in [5.41, 5.74) is 1.42. The third kappa shape index (κ3) is 3.05. The SMILES string of the molecule is CNC(Cc1ccccc1)C1CCOC2(CCOC2)C1. The largest absolute Gasteiger partial charge is 0.378 e. The summed E-state index contributed by atoms with van der Waals surface area (Å²) in [6, 6.07) is 11.3. The summed E-state index contributed by atoms with van der Waals surface area (Å²) in [6.07, 6.45) is 4.44. The van der Waals surface area contributed by atoms with Gasteiger partial charge in [-0.25, -0.2) is 0 Å². The van der Waals surface area contributed by atoms with Crippen molar-refractivity contribution in [3.63, 3.8) is 0 Å². The van der Waals surface area contributed by atoms with Gasteiger partial charge in [0.1, 0.15) is 0 Å². The Balaban J connectivity index is 1.66. The first-order valence-electron chi connectivity index (χ1n) is 7.74. The van der Waals surface area contributed by atoms with Crippen LogP contribution in [0.5, 0.6) is 0 Å². The molecule has 1 spiro atoms. The maximum absolute atomic E-state index is 6.05. The fourth-order valence-electron chi connectivity index (χ4n) is 3.64. The van der Waals surface area contributed by atoms with E-state index in [1.165, 1.54) is 5.56 Å². The molecule has 1 aromatic rings. The molecule has 2 aliphatic heterocycles. The van der Waals surface area contributed by atoms with Crippen molar-refractivity contribution < 1.29 is 9.47 Å². The summed E-state index contributed by atoms with van der Waals surface area (Å²) in [4.78, 5) is 0. The maximum Gasteiger partial charge on any atom is 0.0939 e. The molecule has 3 atom stereocenters. The van der Waals surface area contributed by atoms with Crippen LogP contribution in [0.25, 0.3) is 0 Å². The number of hydrogen-bond acceptors (Lipinski definition) is 3. The summed E-state index contributed by atoms with van der Waals surface area (Å²) in [5.74, 6) is 0.677. The van der Waals surface area contributed by atoms with Crippen molar-refractivity contribution in [2.75, 3.05) is 26.9 Å². The highest BCUT2D eigenvalue weighted by Crippen LogP contribution is 2.37. The van der Waals surface area contributed by atoms with Crippen molar-refractivity contribution in [1.82, 2.24) is 5.32 Å². The monoisotopic (exact) mass is 275 g/mol. The van der Waals surface area contributed by atoms with E-state index in [9.17, 15) is 0 Å². The highest BCUT2D eigenvalue weighted by Gasteiger charge is 2.42. The number of rotatable bonds is 4. The van der Waals surface area contributed by atoms with Gasteiger partial charge in [-0.1, -0.05) is 30.3 Å². The first-order chi connectivity index (χ1) is 9.81. The van der Waals surface area contributed by atoms with Crippen LogP contribution in [0.3, 0.4) is 0 Å². The predicted molar refractivity (Wildman–Crippen MR) is 79.8 cm³/mol. The minimum Gasteiger partial charge on any atom is -0.378 e. The minimum atomic E-state index is 0.00864. The van der Waals surface area contributed by atoms with Gasteiger partial charge in [0, 0.05) is 25.7 Å². The highest BCUT2D eigenvalue weighted by atomic mass is 16.6. The Labute approximate surface area is 121 Å². The van der Waals surface area contributed by atoms with E-state index in [1.54, 1.807) is 0 Å². The maximum atomic E-state index is 6.05. The van der Waals surface area contributed by atoms with Gasteiger partial charge in [0.2, 0.25) is 0 Å². The summed E-state index contributed by atoms with van der Waals surface area (Å²) in [6.45, 7) is 2.52. The molecule has 0 aromatic heterocycles. The fraction of sp³-hybridized carbons (Fsp3) is 0.647. The van der Waals surface area contributed by atoms with E-state index >= 15 is 0 Å². The number of benzene rings is 1. The molecule has 0 bridgehead atoms. The van der Waals surface area contributed by atoms with Crippen molar-refractivity contribution in [3.05, 3.63) is 35.9 Å². The molecule has 1 aromatic carbocycles. The molecule has 0 saturated carbocycles. The summed E-state index contributed by atoms with van der Waals surface area (Å²) in [5, 5.41) is 3.53. The molecule has 2 aliphatic rings. The number of hydrogen-bond donors (Lipinski definition) is 1. The fourth-order valence-corrected chi connectivity index (χ4v) is 3.64. The molecule has 2 saturated heterocycles. The highest BCUT2D eigenvalue weighted by molar-refractivity contribution is 5.16. The lowest BCUT2D eigenvalue weighted by molar-refractivity contribution is -0.102. The zero-order chi connectivity index (χ0) is 13.8. The van der Waals surface area contributed by atoms with Crippen molar-refractivity contribution in [2.24, 2.45) is 5.92 Å². The third-order valence-corrected chi connectivity index (χ3v) is 4.84. The minimum absolute atomic E-state index is 0.00864. The second kappa shape index (κ2) is 6.25. The average Bonchev–Trinajstić information content (AvgIpc) is 2.93. The topological polar surface area (TPSA) is 30.5 Å². The van der Waals surface area contributed by atoms with Crippen LogP contribution in [0.2, 0.25) is 0 Å². The zero-order valence-corrected chi connectivity index (χ0v) is 12.3. The van der Waals surface area contributed by atoms with Gasteiger partial charge in [-0.3, -0.25) is 0 Å². The van der Waals surface area contributed by atoms with E-state index in [1.807, 2.05) is 0 Å². The molecule has 2 heterocycles.